The molecule has 15 heavy (non-hydrogen) atoms. The van der Waals surface area contributed by atoms with Gasteiger partial charge >= 0.3 is 0 Å². The van der Waals surface area contributed by atoms with Crippen LogP contribution in [0.25, 0.3) is 0 Å². The Morgan fingerprint density at radius 2 is 1.80 bits per heavy atom. The highest BCUT2D eigenvalue weighted by Crippen LogP contribution is 2.11. The predicted molar refractivity (Wildman–Crippen MR) is 66.4 cm³/mol. The lowest BCUT2D eigenvalue weighted by atomic mass is 10.0. The van der Waals surface area contributed by atoms with Gasteiger partial charge < -0.3 is 15.0 Å². The first-order valence-electron chi connectivity index (χ1n) is 6.10. The van der Waals surface area contributed by atoms with Crippen molar-refractivity contribution < 1.29 is 4.74 Å². The van der Waals surface area contributed by atoms with Crippen molar-refractivity contribution in [1.29, 1.82) is 0 Å². The average molecular weight is 216 g/mol. The van der Waals surface area contributed by atoms with E-state index in [-0.39, 0.29) is 5.60 Å². The van der Waals surface area contributed by atoms with Crippen molar-refractivity contribution in [2.45, 2.75) is 39.7 Å². The Bertz CT molecular complexity index is 143. The number of hydrogen-bond donors (Lipinski definition) is 1. The topological polar surface area (TPSA) is 24.5 Å². The molecule has 3 nitrogen and oxygen atoms in total. The van der Waals surface area contributed by atoms with E-state index in [0.717, 1.165) is 39.1 Å². The molecular weight excluding hydrogens is 188 g/mol. The smallest absolute Gasteiger partial charge is 0.0771 e. The first-order chi connectivity index (χ1) is 7.11. The van der Waals surface area contributed by atoms with Gasteiger partial charge in [0.1, 0.15) is 0 Å². The quantitative estimate of drug-likeness (QED) is 0.594. The molecule has 1 atom stereocenters. The fourth-order valence-electron chi connectivity index (χ4n) is 1.47. The number of nitrogens with one attached hydrogen (secondary N) is 1. The Morgan fingerprint density at radius 3 is 2.20 bits per heavy atom. The zero-order valence-electron chi connectivity index (χ0n) is 11.1. The van der Waals surface area contributed by atoms with Crippen LogP contribution in [-0.4, -0.2) is 50.3 Å². The lowest BCUT2D eigenvalue weighted by Crippen LogP contribution is -2.42. The fourth-order valence-corrected chi connectivity index (χ4v) is 1.47. The Labute approximate surface area is 95.2 Å². The van der Waals surface area contributed by atoms with Gasteiger partial charge in [0.25, 0.3) is 0 Å². The van der Waals surface area contributed by atoms with Crippen molar-refractivity contribution in [3.8, 4) is 0 Å². The van der Waals surface area contributed by atoms with Crippen LogP contribution in [0.1, 0.15) is 34.1 Å². The third-order valence-electron chi connectivity index (χ3n) is 3.24. The first-order valence-corrected chi connectivity index (χ1v) is 6.10. The molecule has 3 heteroatoms. The van der Waals surface area contributed by atoms with Gasteiger partial charge in [-0.15, -0.1) is 0 Å². The lowest BCUT2D eigenvalue weighted by molar-refractivity contribution is 0.00353. The maximum absolute atomic E-state index is 5.47. The SMILES string of the molecule is CCN(CC)CCNCC(C)(CC)OC. The van der Waals surface area contributed by atoms with E-state index in [9.17, 15) is 0 Å². The second kappa shape index (κ2) is 8.08. The second-order valence-electron chi connectivity index (χ2n) is 4.21. The molecule has 0 spiro atoms. The van der Waals surface area contributed by atoms with Crippen molar-refractivity contribution in [2.75, 3.05) is 39.8 Å². The van der Waals surface area contributed by atoms with Crippen LogP contribution in [0.5, 0.6) is 0 Å². The van der Waals surface area contributed by atoms with Gasteiger partial charge in [-0.2, -0.15) is 0 Å². The summed E-state index contributed by atoms with van der Waals surface area (Å²) in [4.78, 5) is 2.42. The van der Waals surface area contributed by atoms with Gasteiger partial charge in [0.05, 0.1) is 5.60 Å². The standard InChI is InChI=1S/C12H28N2O/c1-6-12(4,15-5)11-13-9-10-14(7-2)8-3/h13H,6-11H2,1-5H3. The van der Waals surface area contributed by atoms with Gasteiger partial charge in [0.2, 0.25) is 0 Å². The predicted octanol–water partition coefficient (Wildman–Crippen LogP) is 1.73. The van der Waals surface area contributed by atoms with Gasteiger partial charge in [-0.05, 0) is 26.4 Å². The van der Waals surface area contributed by atoms with Crippen LogP contribution in [0.3, 0.4) is 0 Å². The molecule has 0 rings (SSSR count). The largest absolute Gasteiger partial charge is 0.377 e. The molecule has 1 N–H and O–H groups in total. The molecule has 0 fully saturated rings. The minimum atomic E-state index is -0.0107. The number of ether oxygens (including phenoxy) is 1. The molecule has 0 aromatic rings. The summed E-state index contributed by atoms with van der Waals surface area (Å²) in [5, 5.41) is 3.46. The van der Waals surface area contributed by atoms with Crippen molar-refractivity contribution in [3.63, 3.8) is 0 Å². The molecule has 0 amide bonds. The summed E-state index contributed by atoms with van der Waals surface area (Å²) in [6.07, 6.45) is 1.04. The number of likely N-dealkylation sites (N-methyl/N-ethyl adjacent to an activating group) is 1. The van der Waals surface area contributed by atoms with E-state index in [1.54, 1.807) is 7.11 Å². The second-order valence-corrected chi connectivity index (χ2v) is 4.21. The highest BCUT2D eigenvalue weighted by molar-refractivity contribution is 4.75. The molecule has 0 saturated heterocycles. The van der Waals surface area contributed by atoms with E-state index >= 15 is 0 Å². The molecule has 0 heterocycles. The van der Waals surface area contributed by atoms with E-state index in [1.165, 1.54) is 0 Å². The van der Waals surface area contributed by atoms with E-state index in [1.807, 2.05) is 0 Å². The maximum atomic E-state index is 5.47. The van der Waals surface area contributed by atoms with Crippen LogP contribution in [0.4, 0.5) is 0 Å². The van der Waals surface area contributed by atoms with Crippen LogP contribution < -0.4 is 5.32 Å². The summed E-state index contributed by atoms with van der Waals surface area (Å²) >= 11 is 0. The van der Waals surface area contributed by atoms with Crippen molar-refractivity contribution >= 4 is 0 Å². The molecule has 0 aliphatic rings. The van der Waals surface area contributed by atoms with Crippen molar-refractivity contribution in [1.82, 2.24) is 10.2 Å². The molecule has 0 aliphatic heterocycles. The molecule has 0 saturated carbocycles. The molecule has 0 aromatic carbocycles. The third kappa shape index (κ3) is 6.13. The summed E-state index contributed by atoms with van der Waals surface area (Å²) in [5.41, 5.74) is -0.0107. The Hall–Kier alpha value is -0.120. The number of methoxy groups -OCH3 is 1. The van der Waals surface area contributed by atoms with Crippen LogP contribution in [-0.2, 0) is 4.74 Å². The van der Waals surface area contributed by atoms with Crippen LogP contribution in [0.2, 0.25) is 0 Å². The Morgan fingerprint density at radius 1 is 1.20 bits per heavy atom. The minimum absolute atomic E-state index is 0.0107. The zero-order chi connectivity index (χ0) is 11.7. The van der Waals surface area contributed by atoms with Gasteiger partial charge in [-0.25, -0.2) is 0 Å². The molecule has 0 aliphatic carbocycles. The fraction of sp³-hybridized carbons (Fsp3) is 1.00. The zero-order valence-corrected chi connectivity index (χ0v) is 11.1. The summed E-state index contributed by atoms with van der Waals surface area (Å²) in [6, 6.07) is 0. The minimum Gasteiger partial charge on any atom is -0.377 e. The van der Waals surface area contributed by atoms with E-state index < -0.39 is 0 Å². The van der Waals surface area contributed by atoms with Crippen LogP contribution >= 0.6 is 0 Å². The maximum Gasteiger partial charge on any atom is 0.0771 e. The lowest BCUT2D eigenvalue weighted by Gasteiger charge is -2.27. The molecule has 0 radical (unpaired) electrons. The molecule has 92 valence electrons. The normalized spacial score (nSPS) is 15.6. The van der Waals surface area contributed by atoms with Gasteiger partial charge in [-0.1, -0.05) is 20.8 Å². The highest BCUT2D eigenvalue weighted by Gasteiger charge is 2.19. The Balaban J connectivity index is 3.60. The monoisotopic (exact) mass is 216 g/mol. The van der Waals surface area contributed by atoms with Gasteiger partial charge in [0, 0.05) is 26.7 Å². The summed E-state index contributed by atoms with van der Waals surface area (Å²) in [5.74, 6) is 0. The summed E-state index contributed by atoms with van der Waals surface area (Å²) < 4.78 is 5.47. The number of rotatable bonds is 9. The van der Waals surface area contributed by atoms with E-state index in [0.29, 0.717) is 0 Å². The number of hydrogen-bond acceptors (Lipinski definition) is 3. The first kappa shape index (κ1) is 14.9. The van der Waals surface area contributed by atoms with Crippen molar-refractivity contribution in [3.05, 3.63) is 0 Å². The molecule has 0 aromatic heterocycles. The Kier molecular flexibility index (Phi) is 8.02. The molecule has 0 bridgehead atoms. The third-order valence-corrected chi connectivity index (χ3v) is 3.24. The summed E-state index contributed by atoms with van der Waals surface area (Å²) in [6.45, 7) is 14.1. The van der Waals surface area contributed by atoms with Crippen molar-refractivity contribution in [2.24, 2.45) is 0 Å². The highest BCUT2D eigenvalue weighted by atomic mass is 16.5. The summed E-state index contributed by atoms with van der Waals surface area (Å²) in [7, 11) is 1.79. The molecular formula is C12H28N2O. The van der Waals surface area contributed by atoms with Crippen LogP contribution in [0.15, 0.2) is 0 Å². The van der Waals surface area contributed by atoms with E-state index in [4.69, 9.17) is 4.74 Å². The average Bonchev–Trinajstić information content (AvgIpc) is 2.29. The molecule has 1 unspecified atom stereocenters. The van der Waals surface area contributed by atoms with Gasteiger partial charge in [0.15, 0.2) is 0 Å². The number of nitrogens with zero attached hydrogens (tertiary/aromatic N) is 1. The van der Waals surface area contributed by atoms with E-state index in [2.05, 4.69) is 37.9 Å². The van der Waals surface area contributed by atoms with Crippen LogP contribution in [0, 0.1) is 0 Å². The van der Waals surface area contributed by atoms with Gasteiger partial charge in [-0.3, -0.25) is 0 Å².